The lowest BCUT2D eigenvalue weighted by molar-refractivity contribution is 0.0609. The van der Waals surface area contributed by atoms with Crippen molar-refractivity contribution in [3.63, 3.8) is 0 Å². The Morgan fingerprint density at radius 3 is 2.25 bits per heavy atom. The number of para-hydroxylation sites is 1. The Morgan fingerprint density at radius 1 is 0.929 bits per heavy atom. The Bertz CT molecular complexity index is 963. The van der Waals surface area contributed by atoms with Gasteiger partial charge in [0.1, 0.15) is 0 Å². The van der Waals surface area contributed by atoms with Gasteiger partial charge in [-0.05, 0) is 56.0 Å². The number of carbonyl (C=O) groups is 3. The van der Waals surface area contributed by atoms with E-state index in [1.54, 1.807) is 32.0 Å². The smallest absolute Gasteiger partial charge is 0.308 e. The van der Waals surface area contributed by atoms with Gasteiger partial charge in [0.05, 0.1) is 11.1 Å². The number of rotatable bonds is 4. The molecule has 0 saturated carbocycles. The number of nitrogens with zero attached hydrogens (tertiary/aromatic N) is 1. The fourth-order valence-corrected chi connectivity index (χ4v) is 3.42. The summed E-state index contributed by atoms with van der Waals surface area (Å²) in [6.07, 6.45) is 0. The van der Waals surface area contributed by atoms with E-state index in [1.807, 2.05) is 25.1 Å². The van der Waals surface area contributed by atoms with E-state index >= 15 is 0 Å². The summed E-state index contributed by atoms with van der Waals surface area (Å²) in [7, 11) is 0. The van der Waals surface area contributed by atoms with Crippen molar-refractivity contribution in [2.45, 2.75) is 46.6 Å². The van der Waals surface area contributed by atoms with Crippen molar-refractivity contribution in [2.75, 3.05) is 10.6 Å². The molecule has 1 aliphatic heterocycles. The zero-order valence-electron chi connectivity index (χ0n) is 16.8. The Hall–Kier alpha value is -3.15. The van der Waals surface area contributed by atoms with Crippen LogP contribution in [-0.2, 0) is 0 Å². The summed E-state index contributed by atoms with van der Waals surface area (Å²) >= 11 is 0. The predicted octanol–water partition coefficient (Wildman–Crippen LogP) is 4.77. The number of aryl methyl sites for hydroxylation is 1. The second-order valence-electron chi connectivity index (χ2n) is 7.61. The summed E-state index contributed by atoms with van der Waals surface area (Å²) < 4.78 is 0. The molecular formula is C22H25N3O3. The van der Waals surface area contributed by atoms with E-state index in [9.17, 15) is 14.4 Å². The van der Waals surface area contributed by atoms with Gasteiger partial charge in [-0.3, -0.25) is 14.5 Å². The van der Waals surface area contributed by atoms with Crippen LogP contribution in [0, 0.1) is 6.92 Å². The zero-order valence-corrected chi connectivity index (χ0v) is 16.8. The van der Waals surface area contributed by atoms with E-state index in [0.717, 1.165) is 16.8 Å². The molecule has 0 unspecified atom stereocenters. The molecule has 146 valence electrons. The van der Waals surface area contributed by atoms with Crippen molar-refractivity contribution < 1.29 is 14.4 Å². The average Bonchev–Trinajstić information content (AvgIpc) is 2.87. The summed E-state index contributed by atoms with van der Waals surface area (Å²) in [5, 5.41) is 5.67. The summed E-state index contributed by atoms with van der Waals surface area (Å²) in [6, 6.07) is 10.1. The molecule has 2 aromatic rings. The van der Waals surface area contributed by atoms with Crippen molar-refractivity contribution in [1.82, 2.24) is 4.90 Å². The van der Waals surface area contributed by atoms with Gasteiger partial charge < -0.3 is 10.6 Å². The maximum Gasteiger partial charge on any atom is 0.323 e. The van der Waals surface area contributed by atoms with Gasteiger partial charge in [0.25, 0.3) is 11.8 Å². The monoisotopic (exact) mass is 379 g/mol. The normalized spacial score (nSPS) is 13.3. The summed E-state index contributed by atoms with van der Waals surface area (Å²) in [5.74, 6) is -0.367. The first kappa shape index (κ1) is 19.6. The number of anilines is 2. The van der Waals surface area contributed by atoms with Gasteiger partial charge in [-0.1, -0.05) is 32.0 Å². The summed E-state index contributed by atoms with van der Waals surface area (Å²) in [4.78, 5) is 38.7. The minimum atomic E-state index is -0.395. The number of nitrogens with one attached hydrogen (secondary N) is 2. The van der Waals surface area contributed by atoms with Crippen LogP contribution in [0.4, 0.5) is 16.2 Å². The largest absolute Gasteiger partial charge is 0.323 e. The molecule has 6 heteroatoms. The average molecular weight is 379 g/mol. The number of amides is 4. The highest BCUT2D eigenvalue weighted by atomic mass is 16.2. The minimum Gasteiger partial charge on any atom is -0.308 e. The molecule has 0 spiro atoms. The standard InChI is InChI=1S/C22H25N3O3/c1-12(2)16-8-6-7-14(5)19(16)24-22(28)23-15-9-10-17-18(11-15)21(27)25(13(3)4)20(17)26/h6-13H,1-5H3,(H2,23,24,28). The Balaban J connectivity index is 1.81. The molecule has 0 radical (unpaired) electrons. The van der Waals surface area contributed by atoms with Gasteiger partial charge in [-0.25, -0.2) is 4.79 Å². The molecule has 1 heterocycles. The molecule has 4 amide bonds. The highest BCUT2D eigenvalue weighted by Gasteiger charge is 2.37. The van der Waals surface area contributed by atoms with Gasteiger partial charge in [-0.15, -0.1) is 0 Å². The topological polar surface area (TPSA) is 78.5 Å². The number of fused-ring (bicyclic) bond motifs is 1. The number of hydrogen-bond donors (Lipinski definition) is 2. The van der Waals surface area contributed by atoms with E-state index in [4.69, 9.17) is 0 Å². The fourth-order valence-electron chi connectivity index (χ4n) is 3.42. The van der Waals surface area contributed by atoms with Crippen molar-refractivity contribution in [3.8, 4) is 0 Å². The third kappa shape index (κ3) is 3.50. The van der Waals surface area contributed by atoms with Gasteiger partial charge in [0, 0.05) is 17.4 Å². The molecule has 0 aliphatic carbocycles. The number of hydrogen-bond acceptors (Lipinski definition) is 3. The molecule has 2 aromatic carbocycles. The maximum atomic E-state index is 12.5. The highest BCUT2D eigenvalue weighted by molar-refractivity contribution is 6.22. The molecule has 3 rings (SSSR count). The zero-order chi connectivity index (χ0) is 20.6. The van der Waals surface area contributed by atoms with Crippen LogP contribution in [0.1, 0.15) is 65.5 Å². The molecule has 2 N–H and O–H groups in total. The molecule has 1 aliphatic rings. The lowest BCUT2D eigenvalue weighted by Gasteiger charge is -2.17. The van der Waals surface area contributed by atoms with E-state index < -0.39 is 6.03 Å². The first-order valence-electron chi connectivity index (χ1n) is 9.40. The van der Waals surface area contributed by atoms with Crippen LogP contribution in [0.25, 0.3) is 0 Å². The van der Waals surface area contributed by atoms with Crippen LogP contribution in [0.15, 0.2) is 36.4 Å². The molecule has 0 atom stereocenters. The van der Waals surface area contributed by atoms with Crippen LogP contribution in [0.3, 0.4) is 0 Å². The molecule has 0 fully saturated rings. The fraction of sp³-hybridized carbons (Fsp3) is 0.318. The predicted molar refractivity (Wildman–Crippen MR) is 110 cm³/mol. The van der Waals surface area contributed by atoms with E-state index in [-0.39, 0.29) is 23.8 Å². The van der Waals surface area contributed by atoms with Crippen LogP contribution in [0.2, 0.25) is 0 Å². The Labute approximate surface area is 164 Å². The molecular weight excluding hydrogens is 354 g/mol. The van der Waals surface area contributed by atoms with Crippen LogP contribution < -0.4 is 10.6 Å². The minimum absolute atomic E-state index is 0.220. The van der Waals surface area contributed by atoms with Crippen LogP contribution in [0.5, 0.6) is 0 Å². The Morgan fingerprint density at radius 2 is 1.61 bits per heavy atom. The molecule has 0 saturated heterocycles. The van der Waals surface area contributed by atoms with Gasteiger partial charge in [0.2, 0.25) is 0 Å². The molecule has 6 nitrogen and oxygen atoms in total. The number of imide groups is 1. The maximum absolute atomic E-state index is 12.5. The van der Waals surface area contributed by atoms with Crippen molar-refractivity contribution in [1.29, 1.82) is 0 Å². The second kappa shape index (κ2) is 7.46. The van der Waals surface area contributed by atoms with E-state index in [0.29, 0.717) is 16.8 Å². The number of carbonyl (C=O) groups excluding carboxylic acids is 3. The molecule has 0 bridgehead atoms. The van der Waals surface area contributed by atoms with Crippen molar-refractivity contribution in [3.05, 3.63) is 58.7 Å². The van der Waals surface area contributed by atoms with E-state index in [2.05, 4.69) is 24.5 Å². The summed E-state index contributed by atoms with van der Waals surface area (Å²) in [5.41, 5.74) is 3.96. The van der Waals surface area contributed by atoms with Gasteiger partial charge in [-0.2, -0.15) is 0 Å². The van der Waals surface area contributed by atoms with Gasteiger partial charge in [0.15, 0.2) is 0 Å². The third-order valence-electron chi connectivity index (χ3n) is 4.86. The summed E-state index contributed by atoms with van der Waals surface area (Å²) in [6.45, 7) is 9.68. The number of benzene rings is 2. The molecule has 28 heavy (non-hydrogen) atoms. The van der Waals surface area contributed by atoms with Crippen LogP contribution >= 0.6 is 0 Å². The lowest BCUT2D eigenvalue weighted by atomic mass is 9.98. The van der Waals surface area contributed by atoms with Crippen molar-refractivity contribution in [2.24, 2.45) is 0 Å². The highest BCUT2D eigenvalue weighted by Crippen LogP contribution is 2.29. The Kier molecular flexibility index (Phi) is 5.23. The van der Waals surface area contributed by atoms with E-state index in [1.165, 1.54) is 4.90 Å². The first-order chi connectivity index (χ1) is 13.2. The lowest BCUT2D eigenvalue weighted by Crippen LogP contribution is -2.35. The number of urea groups is 1. The van der Waals surface area contributed by atoms with Crippen LogP contribution in [-0.4, -0.2) is 28.8 Å². The SMILES string of the molecule is Cc1cccc(C(C)C)c1NC(=O)Nc1ccc2c(c1)C(=O)N(C(C)C)C2=O. The molecule has 0 aromatic heterocycles. The first-order valence-corrected chi connectivity index (χ1v) is 9.40. The third-order valence-corrected chi connectivity index (χ3v) is 4.86. The second-order valence-corrected chi connectivity index (χ2v) is 7.61. The van der Waals surface area contributed by atoms with Crippen molar-refractivity contribution >= 4 is 29.2 Å². The van der Waals surface area contributed by atoms with Gasteiger partial charge >= 0.3 is 6.03 Å². The quantitative estimate of drug-likeness (QED) is 0.751.